The molecule has 0 aromatic carbocycles. The van der Waals surface area contributed by atoms with Gasteiger partial charge in [0.05, 0.1) is 6.20 Å². The van der Waals surface area contributed by atoms with Crippen LogP contribution in [0.1, 0.15) is 11.3 Å². The number of rotatable bonds is 3. The summed E-state index contributed by atoms with van der Waals surface area (Å²) in [6.07, 6.45) is 2.62. The van der Waals surface area contributed by atoms with Gasteiger partial charge in [-0.2, -0.15) is 10.1 Å². The van der Waals surface area contributed by atoms with Crippen molar-refractivity contribution in [2.45, 2.75) is 13.0 Å². The van der Waals surface area contributed by atoms with Crippen LogP contribution in [0, 0.1) is 0 Å². The molecule has 0 spiro atoms. The fraction of sp³-hybridized carbons (Fsp3) is 0.438. The van der Waals surface area contributed by atoms with Crippen LogP contribution in [0.5, 0.6) is 0 Å². The number of hydrogen-bond donors (Lipinski definition) is 1. The van der Waals surface area contributed by atoms with Gasteiger partial charge in [0, 0.05) is 44.6 Å². The first-order chi connectivity index (χ1) is 11.7. The van der Waals surface area contributed by atoms with Crippen LogP contribution in [-0.4, -0.2) is 50.8 Å². The third-order valence-corrected chi connectivity index (χ3v) is 5.30. The van der Waals surface area contributed by atoms with Crippen molar-refractivity contribution in [2.75, 3.05) is 31.1 Å². The lowest BCUT2D eigenvalue weighted by molar-refractivity contribution is 0.288. The molecule has 0 aliphatic carbocycles. The Morgan fingerprint density at radius 1 is 1.29 bits per heavy atom. The van der Waals surface area contributed by atoms with Crippen LogP contribution in [0.2, 0.25) is 0 Å². The summed E-state index contributed by atoms with van der Waals surface area (Å²) in [5, 5.41) is 6.78. The number of fused-ring (bicyclic) bond motifs is 1. The Balaban J connectivity index is 1.53. The minimum absolute atomic E-state index is 0.122. The maximum absolute atomic E-state index is 12.2. The molecule has 4 rings (SSSR count). The lowest BCUT2D eigenvalue weighted by Crippen LogP contribution is -2.32. The highest BCUT2D eigenvalue weighted by atomic mass is 32.1. The van der Waals surface area contributed by atoms with Crippen molar-refractivity contribution in [1.29, 1.82) is 0 Å². The molecule has 1 saturated heterocycles. The quantitative estimate of drug-likeness (QED) is 0.778. The smallest absolute Gasteiger partial charge is 0.263 e. The van der Waals surface area contributed by atoms with Crippen molar-refractivity contribution in [3.8, 4) is 0 Å². The van der Waals surface area contributed by atoms with Gasteiger partial charge in [0.25, 0.3) is 5.56 Å². The summed E-state index contributed by atoms with van der Waals surface area (Å²) in [5.74, 6) is 0.647. The first-order valence-corrected chi connectivity index (χ1v) is 9.00. The first-order valence-electron chi connectivity index (χ1n) is 8.12. The van der Waals surface area contributed by atoms with Gasteiger partial charge in [-0.05, 0) is 17.9 Å². The summed E-state index contributed by atoms with van der Waals surface area (Å²) in [7, 11) is 1.81. The van der Waals surface area contributed by atoms with Gasteiger partial charge in [-0.15, -0.1) is 11.3 Å². The largest absolute Gasteiger partial charge is 0.341 e. The molecule has 0 atom stereocenters. The van der Waals surface area contributed by atoms with Gasteiger partial charge >= 0.3 is 0 Å². The fourth-order valence-electron chi connectivity index (χ4n) is 3.13. The van der Waals surface area contributed by atoms with E-state index >= 15 is 0 Å². The Kier molecular flexibility index (Phi) is 4.07. The van der Waals surface area contributed by atoms with Gasteiger partial charge in [-0.1, -0.05) is 6.07 Å². The Morgan fingerprint density at radius 3 is 3.04 bits per heavy atom. The average molecular weight is 344 g/mol. The molecule has 0 saturated carbocycles. The lowest BCUT2D eigenvalue weighted by atomic mass is 10.3. The Bertz CT molecular complexity index is 884. The van der Waals surface area contributed by atoms with Gasteiger partial charge < -0.3 is 4.90 Å². The number of aryl methyl sites for hydroxylation is 1. The Hall–Kier alpha value is -2.19. The molecular formula is C16H20N6OS. The fourth-order valence-corrected chi connectivity index (χ4v) is 3.88. The zero-order valence-electron chi connectivity index (χ0n) is 13.6. The van der Waals surface area contributed by atoms with E-state index in [4.69, 9.17) is 0 Å². The summed E-state index contributed by atoms with van der Waals surface area (Å²) in [5.41, 5.74) is 0.510. The van der Waals surface area contributed by atoms with Crippen LogP contribution < -0.4 is 10.5 Å². The number of nitrogens with one attached hydrogen (secondary N) is 1. The molecule has 8 heteroatoms. The van der Waals surface area contributed by atoms with Crippen molar-refractivity contribution in [2.24, 2.45) is 7.05 Å². The molecule has 1 aliphatic heterocycles. The normalized spacial score (nSPS) is 16.6. The molecule has 1 fully saturated rings. The van der Waals surface area contributed by atoms with E-state index in [2.05, 4.69) is 42.4 Å². The van der Waals surface area contributed by atoms with E-state index in [9.17, 15) is 4.79 Å². The number of aromatic amines is 1. The van der Waals surface area contributed by atoms with Gasteiger partial charge in [-0.3, -0.25) is 19.4 Å². The third-order valence-electron chi connectivity index (χ3n) is 4.44. The number of thiophene rings is 1. The second-order valence-corrected chi connectivity index (χ2v) is 7.12. The number of aromatic nitrogens is 4. The summed E-state index contributed by atoms with van der Waals surface area (Å²) in [6.45, 7) is 4.78. The molecule has 7 nitrogen and oxygen atoms in total. The number of H-pyrrole nitrogens is 1. The van der Waals surface area contributed by atoms with Crippen molar-refractivity contribution in [3.05, 3.63) is 38.9 Å². The van der Waals surface area contributed by atoms with E-state index in [0.29, 0.717) is 17.0 Å². The van der Waals surface area contributed by atoms with Crippen LogP contribution >= 0.6 is 11.3 Å². The van der Waals surface area contributed by atoms with Gasteiger partial charge in [0.2, 0.25) is 5.95 Å². The van der Waals surface area contributed by atoms with E-state index in [0.717, 1.165) is 39.1 Å². The first kappa shape index (κ1) is 15.3. The summed E-state index contributed by atoms with van der Waals surface area (Å²) in [4.78, 5) is 25.8. The lowest BCUT2D eigenvalue weighted by Gasteiger charge is -2.22. The van der Waals surface area contributed by atoms with E-state index in [1.807, 2.05) is 7.05 Å². The highest BCUT2D eigenvalue weighted by Crippen LogP contribution is 2.16. The average Bonchev–Trinajstić information content (AvgIpc) is 3.14. The van der Waals surface area contributed by atoms with E-state index in [1.165, 1.54) is 4.88 Å². The molecule has 4 heterocycles. The SMILES string of the molecule is Cn1ncc2c(=O)[nH]c(N3CCCN(Cc4cccs4)CC3)nc21. The van der Waals surface area contributed by atoms with Gasteiger partial charge in [-0.25, -0.2) is 0 Å². The van der Waals surface area contributed by atoms with Crippen molar-refractivity contribution < 1.29 is 0 Å². The van der Waals surface area contributed by atoms with Crippen molar-refractivity contribution >= 4 is 28.3 Å². The second-order valence-electron chi connectivity index (χ2n) is 6.09. The molecule has 3 aromatic heterocycles. The maximum Gasteiger partial charge on any atom is 0.263 e. The molecule has 24 heavy (non-hydrogen) atoms. The second kappa shape index (κ2) is 6.37. The molecule has 0 radical (unpaired) electrons. The van der Waals surface area contributed by atoms with Crippen LogP contribution in [0.25, 0.3) is 11.0 Å². The number of hydrogen-bond acceptors (Lipinski definition) is 6. The zero-order chi connectivity index (χ0) is 16.5. The Morgan fingerprint density at radius 2 is 2.21 bits per heavy atom. The molecule has 1 aliphatic rings. The predicted octanol–water partition coefficient (Wildman–Crippen LogP) is 1.43. The number of anilines is 1. The monoisotopic (exact) mass is 344 g/mol. The Labute approximate surface area is 143 Å². The molecule has 0 bridgehead atoms. The molecule has 3 aromatic rings. The standard InChI is InChI=1S/C16H20N6OS/c1-20-14-13(10-17-20)15(23)19-16(18-14)22-6-3-5-21(7-8-22)11-12-4-2-9-24-12/h2,4,9-10H,3,5-8,11H2,1H3,(H,18,19,23). The minimum Gasteiger partial charge on any atom is -0.341 e. The highest BCUT2D eigenvalue weighted by Gasteiger charge is 2.18. The van der Waals surface area contributed by atoms with E-state index in [-0.39, 0.29) is 5.56 Å². The van der Waals surface area contributed by atoms with Crippen LogP contribution in [0.3, 0.4) is 0 Å². The van der Waals surface area contributed by atoms with Gasteiger partial charge in [0.15, 0.2) is 5.65 Å². The topological polar surface area (TPSA) is 70.1 Å². The summed E-state index contributed by atoms with van der Waals surface area (Å²) in [6, 6.07) is 4.28. The van der Waals surface area contributed by atoms with Crippen molar-refractivity contribution in [3.63, 3.8) is 0 Å². The number of nitrogens with zero attached hydrogens (tertiary/aromatic N) is 5. The summed E-state index contributed by atoms with van der Waals surface area (Å²) >= 11 is 1.80. The predicted molar refractivity (Wildman–Crippen MR) is 95.6 cm³/mol. The van der Waals surface area contributed by atoms with Crippen molar-refractivity contribution in [1.82, 2.24) is 24.6 Å². The van der Waals surface area contributed by atoms with E-state index < -0.39 is 0 Å². The molecule has 1 N–H and O–H groups in total. The van der Waals surface area contributed by atoms with Gasteiger partial charge in [0.1, 0.15) is 5.39 Å². The zero-order valence-corrected chi connectivity index (χ0v) is 14.4. The van der Waals surface area contributed by atoms with Crippen LogP contribution in [0.4, 0.5) is 5.95 Å². The molecular weight excluding hydrogens is 324 g/mol. The maximum atomic E-state index is 12.2. The van der Waals surface area contributed by atoms with Crippen LogP contribution in [-0.2, 0) is 13.6 Å². The molecule has 0 unspecified atom stereocenters. The summed E-state index contributed by atoms with van der Waals surface area (Å²) < 4.78 is 1.65. The van der Waals surface area contributed by atoms with Crippen LogP contribution in [0.15, 0.2) is 28.5 Å². The molecule has 0 amide bonds. The minimum atomic E-state index is -0.122. The van der Waals surface area contributed by atoms with E-state index in [1.54, 1.807) is 22.2 Å². The highest BCUT2D eigenvalue weighted by molar-refractivity contribution is 7.09. The molecule has 126 valence electrons. The third kappa shape index (κ3) is 2.94.